The first kappa shape index (κ1) is 26.8. The molecule has 3 saturated heterocycles. The molecule has 3 aliphatic rings. The molecule has 1 unspecified atom stereocenters. The number of hydrogen-bond acceptors (Lipinski definition) is 6. The van der Waals surface area contributed by atoms with Gasteiger partial charge in [-0.05, 0) is 33.2 Å². The summed E-state index contributed by atoms with van der Waals surface area (Å²) in [5, 5.41) is 3.13. The Morgan fingerprint density at radius 2 is 1.37 bits per heavy atom. The second kappa shape index (κ2) is 12.0. The van der Waals surface area contributed by atoms with E-state index in [1.54, 1.807) is 7.11 Å². The fraction of sp³-hybridized carbons (Fsp3) is 0.478. The molecule has 35 heavy (non-hydrogen) atoms. The quantitative estimate of drug-likeness (QED) is 0.303. The van der Waals surface area contributed by atoms with Gasteiger partial charge in [-0.25, -0.2) is 0 Å². The van der Waals surface area contributed by atoms with Gasteiger partial charge in [0, 0.05) is 28.4 Å². The predicted molar refractivity (Wildman–Crippen MR) is 150 cm³/mol. The number of benzene rings is 2. The molecule has 5 rings (SSSR count). The highest BCUT2D eigenvalue weighted by Crippen LogP contribution is 2.36. The fourth-order valence-corrected chi connectivity index (χ4v) is 6.92. The van der Waals surface area contributed by atoms with E-state index >= 15 is 0 Å². The van der Waals surface area contributed by atoms with Crippen LogP contribution in [0.1, 0.15) is 22.3 Å². The lowest BCUT2D eigenvalue weighted by Gasteiger charge is -2.25. The molecular formula is C23H24B2Br4O6. The Balaban J connectivity index is 1.26. The second-order valence-corrected chi connectivity index (χ2v) is 10.9. The molecular weight excluding hydrogens is 713 g/mol. The van der Waals surface area contributed by atoms with Gasteiger partial charge in [0.1, 0.15) is 18.3 Å². The largest absolute Gasteiger partial charge is 0.496 e. The summed E-state index contributed by atoms with van der Waals surface area (Å²) >= 11 is 14.2. The molecule has 186 valence electrons. The Labute approximate surface area is 239 Å². The maximum absolute atomic E-state index is 6.30. The summed E-state index contributed by atoms with van der Waals surface area (Å²) in [7, 11) is 0.714. The summed E-state index contributed by atoms with van der Waals surface area (Å²) in [6, 6.07) is 12.5. The molecule has 6 nitrogen and oxygen atoms in total. The molecule has 12 heteroatoms. The van der Waals surface area contributed by atoms with Crippen molar-refractivity contribution in [3.05, 3.63) is 58.7 Å². The molecule has 0 saturated carbocycles. The topological polar surface area (TPSA) is 55.4 Å². The smallest absolute Gasteiger partial charge is 0.405 e. The van der Waals surface area contributed by atoms with Crippen LogP contribution in [0.3, 0.4) is 0 Å². The van der Waals surface area contributed by atoms with Gasteiger partial charge in [0.25, 0.3) is 0 Å². The second-order valence-electron chi connectivity index (χ2n) is 8.67. The van der Waals surface area contributed by atoms with Crippen molar-refractivity contribution in [1.82, 2.24) is 0 Å². The maximum atomic E-state index is 6.30. The number of alkyl halides is 4. The third-order valence-corrected chi connectivity index (χ3v) is 9.09. The summed E-state index contributed by atoms with van der Waals surface area (Å²) in [6.07, 6.45) is -1.85. The van der Waals surface area contributed by atoms with E-state index in [-0.39, 0.29) is 24.4 Å². The zero-order valence-electron chi connectivity index (χ0n) is 19.0. The van der Waals surface area contributed by atoms with Gasteiger partial charge in [0.05, 0.1) is 12.7 Å². The van der Waals surface area contributed by atoms with Crippen LogP contribution < -0.4 is 10.9 Å². The zero-order valence-corrected chi connectivity index (χ0v) is 25.3. The molecule has 3 aliphatic heterocycles. The van der Waals surface area contributed by atoms with Gasteiger partial charge in [0.2, 0.25) is 0 Å². The molecule has 0 aliphatic carbocycles. The summed E-state index contributed by atoms with van der Waals surface area (Å²) in [5.41, 5.74) is 6.81. The highest BCUT2D eigenvalue weighted by molar-refractivity contribution is 9.09. The van der Waals surface area contributed by atoms with Crippen LogP contribution in [0, 0.1) is 0 Å². The van der Waals surface area contributed by atoms with Gasteiger partial charge in [-0.3, -0.25) is 0 Å². The predicted octanol–water partition coefficient (Wildman–Crippen LogP) is 3.93. The average Bonchev–Trinajstić information content (AvgIpc) is 3.62. The third-order valence-electron chi connectivity index (χ3n) is 6.68. The van der Waals surface area contributed by atoms with E-state index in [4.69, 9.17) is 28.1 Å². The van der Waals surface area contributed by atoms with Crippen molar-refractivity contribution in [2.45, 2.75) is 52.0 Å². The van der Waals surface area contributed by atoms with Crippen LogP contribution >= 0.6 is 63.7 Å². The molecule has 5 atom stereocenters. The number of fused-ring (bicyclic) bond motifs is 1. The van der Waals surface area contributed by atoms with Crippen molar-refractivity contribution < 1.29 is 28.1 Å². The number of ether oxygens (including phenoxy) is 2. The lowest BCUT2D eigenvalue weighted by Crippen LogP contribution is -2.45. The summed E-state index contributed by atoms with van der Waals surface area (Å²) in [4.78, 5) is 0. The van der Waals surface area contributed by atoms with Gasteiger partial charge in [-0.1, -0.05) is 100 Å². The first-order valence-electron chi connectivity index (χ1n) is 11.3. The molecule has 0 amide bonds. The van der Waals surface area contributed by atoms with Crippen LogP contribution in [0.4, 0.5) is 0 Å². The van der Waals surface area contributed by atoms with Gasteiger partial charge in [-0.2, -0.15) is 0 Å². The van der Waals surface area contributed by atoms with Crippen LogP contribution in [0.15, 0.2) is 36.4 Å². The Morgan fingerprint density at radius 3 is 1.94 bits per heavy atom. The SMILES string of the molecule is CO[C@H]1[C@@H]([C@H]2COB(c3ccc(CBr)c(CBr)c3)O2)OC2OB(c3ccc(CBr)c(CBr)c3)O[C@@H]21. The Morgan fingerprint density at radius 1 is 0.771 bits per heavy atom. The maximum Gasteiger partial charge on any atom is 0.496 e. The molecule has 0 N–H and O–H groups in total. The number of halogens is 4. The highest BCUT2D eigenvalue weighted by atomic mass is 79.9. The van der Waals surface area contributed by atoms with Crippen molar-refractivity contribution in [2.24, 2.45) is 0 Å². The van der Waals surface area contributed by atoms with E-state index in [0.717, 1.165) is 32.2 Å². The molecule has 0 radical (unpaired) electrons. The van der Waals surface area contributed by atoms with Crippen molar-refractivity contribution in [3.63, 3.8) is 0 Å². The monoisotopic (exact) mass is 734 g/mol. The van der Waals surface area contributed by atoms with Gasteiger partial charge < -0.3 is 28.1 Å². The van der Waals surface area contributed by atoms with E-state index in [1.807, 2.05) is 12.1 Å². The molecule has 0 aromatic heterocycles. The number of rotatable bonds is 8. The minimum absolute atomic E-state index is 0.289. The normalized spacial score (nSPS) is 28.2. The van der Waals surface area contributed by atoms with E-state index in [9.17, 15) is 0 Å². The Bertz CT molecular complexity index is 1050. The van der Waals surface area contributed by atoms with E-state index in [2.05, 4.69) is 88.0 Å². The lowest BCUT2D eigenvalue weighted by molar-refractivity contribution is -0.110. The summed E-state index contributed by atoms with van der Waals surface area (Å²) in [6.45, 7) is 0.407. The highest BCUT2D eigenvalue weighted by Gasteiger charge is 2.57. The average molecular weight is 738 g/mol. The lowest BCUT2D eigenvalue weighted by atomic mass is 9.78. The third kappa shape index (κ3) is 5.40. The first-order chi connectivity index (χ1) is 17.1. The first-order valence-corrected chi connectivity index (χ1v) is 15.8. The van der Waals surface area contributed by atoms with Crippen LogP contribution in [-0.4, -0.2) is 58.7 Å². The minimum atomic E-state index is -0.529. The Hall–Kier alpha value is 0.250. The van der Waals surface area contributed by atoms with Crippen molar-refractivity contribution >= 4 is 88.9 Å². The molecule has 0 bridgehead atoms. The van der Waals surface area contributed by atoms with E-state index < -0.39 is 20.5 Å². The standard InChI is InChI=1S/C23H24B2Br4O6/c1-30-21-20(19-12-31-24(33-19)17-4-2-13(8-26)15(6-17)10-28)32-23-22(21)34-25(35-23)18-5-3-14(9-27)16(7-18)11-29/h2-7,19-23H,8-12H2,1H3/t19-,20-,21+,22-,23?/m1/s1. The molecule has 0 spiro atoms. The van der Waals surface area contributed by atoms with Crippen molar-refractivity contribution in [2.75, 3.05) is 13.7 Å². The Kier molecular flexibility index (Phi) is 9.18. The molecule has 3 fully saturated rings. The van der Waals surface area contributed by atoms with E-state index in [1.165, 1.54) is 22.3 Å². The van der Waals surface area contributed by atoms with Gasteiger partial charge in [-0.15, -0.1) is 0 Å². The summed E-state index contributed by atoms with van der Waals surface area (Å²) < 4.78 is 36.9. The van der Waals surface area contributed by atoms with Crippen molar-refractivity contribution in [1.29, 1.82) is 0 Å². The zero-order chi connectivity index (χ0) is 24.5. The van der Waals surface area contributed by atoms with Crippen molar-refractivity contribution in [3.8, 4) is 0 Å². The van der Waals surface area contributed by atoms with E-state index in [0.29, 0.717) is 6.61 Å². The molecule has 2 aromatic rings. The number of methoxy groups -OCH3 is 1. The molecule has 2 aromatic carbocycles. The minimum Gasteiger partial charge on any atom is -0.405 e. The van der Waals surface area contributed by atoms with Crippen LogP contribution in [-0.2, 0) is 49.4 Å². The van der Waals surface area contributed by atoms with Crippen LogP contribution in [0.25, 0.3) is 0 Å². The molecule has 3 heterocycles. The van der Waals surface area contributed by atoms with Gasteiger partial charge >= 0.3 is 14.2 Å². The van der Waals surface area contributed by atoms with Gasteiger partial charge in [0.15, 0.2) is 6.29 Å². The number of hydrogen-bond donors (Lipinski definition) is 0. The summed E-state index contributed by atoms with van der Waals surface area (Å²) in [5.74, 6) is 0. The fourth-order valence-electron chi connectivity index (χ4n) is 4.78. The van der Waals surface area contributed by atoms with Crippen LogP contribution in [0.5, 0.6) is 0 Å². The van der Waals surface area contributed by atoms with Crippen LogP contribution in [0.2, 0.25) is 0 Å².